The molecule has 0 bridgehead atoms. The minimum atomic E-state index is -1.25. The second-order valence-corrected chi connectivity index (χ2v) is 31.5. The number of anilines is 10. The van der Waals surface area contributed by atoms with E-state index in [2.05, 4.69) is 394 Å². The van der Waals surface area contributed by atoms with Crippen molar-refractivity contribution in [2.24, 2.45) is 0 Å². The molecule has 104 heavy (non-hydrogen) atoms. The Labute approximate surface area is 618 Å². The van der Waals surface area contributed by atoms with Crippen LogP contribution in [0.1, 0.15) is 5.56 Å². The van der Waals surface area contributed by atoms with Crippen LogP contribution >= 0.6 is 0 Å². The van der Waals surface area contributed by atoms with Crippen molar-refractivity contribution in [2.75, 3.05) is 59.7 Å². The van der Waals surface area contributed by atoms with Crippen molar-refractivity contribution in [1.82, 2.24) is 0 Å². The zero-order valence-electron chi connectivity index (χ0n) is 60.8. The van der Waals surface area contributed by atoms with Crippen LogP contribution in [0.25, 0.3) is 55.3 Å². The molecular weight excluding hydrogens is 1280 g/mol. The van der Waals surface area contributed by atoms with Crippen LogP contribution in [-0.2, 0) is 0 Å². The lowest BCUT2D eigenvalue weighted by Gasteiger charge is -2.24. The van der Waals surface area contributed by atoms with Crippen LogP contribution in [0.2, 0.25) is 19.6 Å². The third kappa shape index (κ3) is 19.6. The molecule has 0 N–H and O–H groups in total. The van der Waals surface area contributed by atoms with Crippen LogP contribution in [0.15, 0.2) is 400 Å². The summed E-state index contributed by atoms with van der Waals surface area (Å²) in [6.45, 7) is 7.16. The average Bonchev–Trinajstić information content (AvgIpc) is 0.816. The van der Waals surface area contributed by atoms with Gasteiger partial charge in [-0.15, -0.1) is 0 Å². The van der Waals surface area contributed by atoms with Crippen molar-refractivity contribution in [1.29, 1.82) is 5.26 Å². The largest absolute Gasteiger partial charge is 0.345 e. The molecule has 15 rings (SSSR count). The van der Waals surface area contributed by atoms with Gasteiger partial charge in [-0.25, -0.2) is 0 Å². The summed E-state index contributed by atoms with van der Waals surface area (Å²) in [5.41, 5.74) is 22.4. The van der Waals surface area contributed by atoms with Gasteiger partial charge in [-0.05, 0) is 171 Å². The van der Waals surface area contributed by atoms with Gasteiger partial charge < -0.3 is 24.5 Å². The Kier molecular flexibility index (Phi) is 25.1. The third-order valence-electron chi connectivity index (χ3n) is 18.5. The summed E-state index contributed by atoms with van der Waals surface area (Å²) in [5, 5.41) is 12.9. The minimum Gasteiger partial charge on any atom is -0.345 e. The van der Waals surface area contributed by atoms with Crippen LogP contribution in [0.5, 0.6) is 0 Å². The summed E-state index contributed by atoms with van der Waals surface area (Å²) in [5.74, 6) is 0. The van der Waals surface area contributed by atoms with Gasteiger partial charge >= 0.3 is 0 Å². The maximum absolute atomic E-state index is 8.85. The van der Waals surface area contributed by atoms with E-state index in [9.17, 15) is 0 Å². The zero-order chi connectivity index (χ0) is 72.5. The summed E-state index contributed by atoms with van der Waals surface area (Å²) >= 11 is 0. The Morgan fingerprint density at radius 2 is 0.500 bits per heavy atom. The van der Waals surface area contributed by atoms with Gasteiger partial charge in [-0.1, -0.05) is 304 Å². The average molecular weight is 1370 g/mol. The van der Waals surface area contributed by atoms with Crippen molar-refractivity contribution in [3.8, 4) is 50.6 Å². The summed E-state index contributed by atoms with van der Waals surface area (Å²) in [6.07, 6.45) is 0. The molecule has 15 aromatic rings. The van der Waals surface area contributed by atoms with E-state index >= 15 is 0 Å². The van der Waals surface area contributed by atoms with E-state index in [0.29, 0.717) is 5.56 Å². The molecule has 15 aromatic carbocycles. The van der Waals surface area contributed by atoms with E-state index in [1.54, 1.807) is 0 Å². The predicted octanol–water partition coefficient (Wildman–Crippen LogP) is 25.5. The van der Waals surface area contributed by atoms with Gasteiger partial charge in [0.15, 0.2) is 0 Å². The molecular formula is C97H90N6Si. The highest BCUT2D eigenvalue weighted by atomic mass is 28.3. The lowest BCUT2D eigenvalue weighted by Crippen LogP contribution is -2.37. The maximum Gasteiger partial charge on any atom is 0.0992 e. The SMILES string of the molecule is CN(c1ccc(-c2ccccc2)cc1)c1ccc(-c2ccccc2)cc1.CN(c1ccc([Si](C)(C)C)cc1)c1ccccc1-c1ccccc1.CN(c1ccccc1)c1ccc(-c2ccccc2)cc1.CN(c1ccccc1)c1ccc2ccccc2c1.CN(c1ccccc1)c1cccc(C#N)c1. The molecule has 0 spiro atoms. The first-order valence-electron chi connectivity index (χ1n) is 35.3. The second kappa shape index (κ2) is 36.0. The van der Waals surface area contributed by atoms with E-state index in [0.717, 1.165) is 11.4 Å². The monoisotopic (exact) mass is 1370 g/mol. The van der Waals surface area contributed by atoms with Gasteiger partial charge in [-0.2, -0.15) is 5.26 Å². The fourth-order valence-electron chi connectivity index (χ4n) is 12.2. The van der Waals surface area contributed by atoms with Gasteiger partial charge in [0.2, 0.25) is 0 Å². The lowest BCUT2D eigenvalue weighted by molar-refractivity contribution is 1.21. The van der Waals surface area contributed by atoms with Crippen molar-refractivity contribution in [3.05, 3.63) is 406 Å². The Balaban J connectivity index is 0.000000132. The fourth-order valence-corrected chi connectivity index (χ4v) is 13.4. The van der Waals surface area contributed by atoms with E-state index in [1.807, 2.05) is 92.0 Å². The topological polar surface area (TPSA) is 40.0 Å². The van der Waals surface area contributed by atoms with Crippen LogP contribution in [0.4, 0.5) is 56.9 Å². The van der Waals surface area contributed by atoms with Crippen molar-refractivity contribution in [2.45, 2.75) is 19.6 Å². The quantitative estimate of drug-likeness (QED) is 0.0953. The molecule has 0 atom stereocenters. The molecule has 0 amide bonds. The van der Waals surface area contributed by atoms with Gasteiger partial charge in [-0.3, -0.25) is 0 Å². The van der Waals surface area contributed by atoms with E-state index in [1.165, 1.54) is 106 Å². The summed E-state index contributed by atoms with van der Waals surface area (Å²) in [7, 11) is 9.18. The zero-order valence-corrected chi connectivity index (χ0v) is 61.8. The highest BCUT2D eigenvalue weighted by molar-refractivity contribution is 6.88. The first-order chi connectivity index (χ1) is 50.8. The molecule has 0 unspecified atom stereocenters. The molecule has 0 aromatic heterocycles. The van der Waals surface area contributed by atoms with Gasteiger partial charge in [0.25, 0.3) is 0 Å². The third-order valence-corrected chi connectivity index (χ3v) is 20.5. The second-order valence-electron chi connectivity index (χ2n) is 26.4. The van der Waals surface area contributed by atoms with Crippen molar-refractivity contribution in [3.63, 3.8) is 0 Å². The molecule has 0 saturated heterocycles. The molecule has 0 heterocycles. The number of rotatable bonds is 15. The van der Waals surface area contributed by atoms with Crippen LogP contribution in [-0.4, -0.2) is 43.3 Å². The number of nitrogens with zero attached hydrogens (tertiary/aromatic N) is 6. The Morgan fingerprint density at radius 3 is 0.894 bits per heavy atom. The van der Waals surface area contributed by atoms with Crippen molar-refractivity contribution >= 4 is 80.9 Å². The van der Waals surface area contributed by atoms with Crippen molar-refractivity contribution < 1.29 is 0 Å². The normalized spacial score (nSPS) is 10.5. The Morgan fingerprint density at radius 1 is 0.221 bits per heavy atom. The summed E-state index contributed by atoms with van der Waals surface area (Å²) in [6, 6.07) is 141. The molecule has 0 radical (unpaired) electrons. The van der Waals surface area contributed by atoms with Gasteiger partial charge in [0.1, 0.15) is 0 Å². The molecule has 0 aliphatic carbocycles. The number of fused-ring (bicyclic) bond motifs is 1. The molecule has 0 aliphatic rings. The van der Waals surface area contributed by atoms with Gasteiger partial charge in [0, 0.05) is 97.7 Å². The summed E-state index contributed by atoms with van der Waals surface area (Å²) in [4.78, 5) is 10.9. The van der Waals surface area contributed by atoms with Crippen LogP contribution < -0.4 is 29.7 Å². The first-order valence-corrected chi connectivity index (χ1v) is 38.8. The van der Waals surface area contributed by atoms with Crippen LogP contribution in [0, 0.1) is 11.3 Å². The fraction of sp³-hybridized carbons (Fsp3) is 0.0825. The molecule has 512 valence electrons. The van der Waals surface area contributed by atoms with Crippen LogP contribution in [0.3, 0.4) is 0 Å². The number of nitriles is 1. The lowest BCUT2D eigenvalue weighted by atomic mass is 10.0. The Hall–Kier alpha value is -12.7. The standard InChI is InChI=1S/C25H21N.C22H25NSi.C19H17N.C17H15N.C14H12N2/c1-26(24-16-12-22(13-17-24)20-8-4-2-5-9-20)25-18-14-23(15-19-25)21-10-6-3-7-11-21;1-23(19-14-16-20(17-15-19)24(2,3)4)22-13-9-8-12-21(22)18-10-6-5-7-11-18;1-20(18-10-6-3-7-11-18)19-14-12-17(13-15-19)16-8-4-2-5-9-16;1-18(16-9-3-2-4-10-16)17-12-11-14-7-5-6-8-15(14)13-17;1-16(13-7-3-2-4-8-13)14-9-5-6-12(10-14)11-15/h2-19H,1H3;5-17H,1-4H3;2-15H,1H3;2-13H,1H3;2-10H,1H3. The molecule has 6 nitrogen and oxygen atoms in total. The number of hydrogen-bond donors (Lipinski definition) is 0. The first kappa shape index (κ1) is 72.5. The summed E-state index contributed by atoms with van der Waals surface area (Å²) < 4.78 is 0. The van der Waals surface area contributed by atoms with E-state index < -0.39 is 8.07 Å². The maximum atomic E-state index is 8.85. The minimum absolute atomic E-state index is 0.681. The number of hydrogen-bond acceptors (Lipinski definition) is 6. The van der Waals surface area contributed by atoms with Gasteiger partial charge in [0.05, 0.1) is 19.7 Å². The molecule has 0 aliphatic heterocycles. The molecule has 0 fully saturated rings. The smallest absolute Gasteiger partial charge is 0.0992 e. The highest BCUT2D eigenvalue weighted by Crippen LogP contribution is 2.36. The molecule has 7 heteroatoms. The highest BCUT2D eigenvalue weighted by Gasteiger charge is 2.18. The number of para-hydroxylation sites is 4. The Bertz CT molecular complexity index is 5010. The molecule has 0 saturated carbocycles. The van der Waals surface area contributed by atoms with E-state index in [-0.39, 0.29) is 0 Å². The van der Waals surface area contributed by atoms with E-state index in [4.69, 9.17) is 5.26 Å². The number of benzene rings is 15. The predicted molar refractivity (Wildman–Crippen MR) is 452 cm³/mol.